The van der Waals surface area contributed by atoms with Gasteiger partial charge in [0.05, 0.1) is 6.16 Å². The number of hydrogen-bond donors (Lipinski definition) is 3. The molecular weight excluding hydrogens is 245 g/mol. The third kappa shape index (κ3) is 5.60. The van der Waals surface area contributed by atoms with Gasteiger partial charge in [-0.3, -0.25) is 9.36 Å². The molecule has 0 aliphatic rings. The minimum atomic E-state index is -4.30. The fraction of sp³-hybridized carbons (Fsp3) is 0.300. The molecule has 0 aliphatic carbocycles. The molecular formula is C10H14NO5P. The van der Waals surface area contributed by atoms with Crippen LogP contribution < -0.4 is 5.73 Å². The van der Waals surface area contributed by atoms with Crippen LogP contribution in [0.3, 0.4) is 0 Å². The predicted molar refractivity (Wildman–Crippen MR) is 61.1 cm³/mol. The molecule has 0 saturated carbocycles. The van der Waals surface area contributed by atoms with E-state index in [1.165, 1.54) is 0 Å². The summed E-state index contributed by atoms with van der Waals surface area (Å²) in [6.07, 6.45) is -0.708. The minimum Gasteiger partial charge on any atom is -0.460 e. The number of ether oxygens (including phenoxy) is 1. The van der Waals surface area contributed by atoms with Gasteiger partial charge in [-0.15, -0.1) is 0 Å². The van der Waals surface area contributed by atoms with E-state index in [0.29, 0.717) is 0 Å². The summed E-state index contributed by atoms with van der Waals surface area (Å²) < 4.78 is 15.5. The Balaban J connectivity index is 2.42. The van der Waals surface area contributed by atoms with Crippen LogP contribution in [-0.4, -0.2) is 28.0 Å². The normalized spacial score (nSPS) is 13.1. The van der Waals surface area contributed by atoms with Gasteiger partial charge in [0.2, 0.25) is 0 Å². The van der Waals surface area contributed by atoms with E-state index in [9.17, 15) is 9.36 Å². The molecule has 6 nitrogen and oxygen atoms in total. The Morgan fingerprint density at radius 1 is 1.35 bits per heavy atom. The van der Waals surface area contributed by atoms with Crippen molar-refractivity contribution in [3.8, 4) is 0 Å². The molecule has 7 heteroatoms. The summed E-state index contributed by atoms with van der Waals surface area (Å²) in [7, 11) is -4.30. The maximum Gasteiger partial charge on any atom is 0.327 e. The zero-order valence-electron chi connectivity index (χ0n) is 9.02. The highest BCUT2D eigenvalue weighted by Gasteiger charge is 2.25. The lowest BCUT2D eigenvalue weighted by atomic mass is 10.2. The first-order valence-corrected chi connectivity index (χ1v) is 6.69. The Labute approximate surface area is 98.6 Å². The molecule has 0 fully saturated rings. The van der Waals surface area contributed by atoms with Crippen LogP contribution in [0.5, 0.6) is 0 Å². The molecule has 0 aliphatic heterocycles. The van der Waals surface area contributed by atoms with Crippen LogP contribution in [0, 0.1) is 0 Å². The molecule has 0 spiro atoms. The minimum absolute atomic E-state index is 0.0362. The topological polar surface area (TPSA) is 110 Å². The molecule has 0 radical (unpaired) electrons. The van der Waals surface area contributed by atoms with Gasteiger partial charge >= 0.3 is 13.6 Å². The van der Waals surface area contributed by atoms with E-state index in [-0.39, 0.29) is 6.61 Å². The fourth-order valence-corrected chi connectivity index (χ4v) is 1.83. The first-order valence-electron chi connectivity index (χ1n) is 4.89. The maximum atomic E-state index is 11.3. The van der Waals surface area contributed by atoms with Crippen molar-refractivity contribution in [1.29, 1.82) is 0 Å². The summed E-state index contributed by atoms with van der Waals surface area (Å²) in [5, 5.41) is 0. The van der Waals surface area contributed by atoms with Crippen LogP contribution in [-0.2, 0) is 20.7 Å². The van der Waals surface area contributed by atoms with E-state index in [0.717, 1.165) is 5.56 Å². The van der Waals surface area contributed by atoms with E-state index in [4.69, 9.17) is 20.3 Å². The van der Waals surface area contributed by atoms with Gasteiger partial charge in [-0.25, -0.2) is 0 Å². The van der Waals surface area contributed by atoms with Gasteiger partial charge in [-0.2, -0.15) is 0 Å². The molecule has 0 saturated heterocycles. The molecule has 0 bridgehead atoms. The number of esters is 1. The summed E-state index contributed by atoms with van der Waals surface area (Å²) >= 11 is 0. The molecule has 17 heavy (non-hydrogen) atoms. The van der Waals surface area contributed by atoms with Gasteiger partial charge in [0.25, 0.3) is 0 Å². The molecule has 1 aromatic rings. The largest absolute Gasteiger partial charge is 0.460 e. The molecule has 1 aromatic carbocycles. The van der Waals surface area contributed by atoms with E-state index in [2.05, 4.69) is 0 Å². The van der Waals surface area contributed by atoms with E-state index in [1.807, 2.05) is 6.07 Å². The molecule has 0 amide bonds. The Bertz CT molecular complexity index is 416. The van der Waals surface area contributed by atoms with E-state index < -0.39 is 25.8 Å². The molecule has 0 aromatic heterocycles. The van der Waals surface area contributed by atoms with Gasteiger partial charge in [0, 0.05) is 0 Å². The Hall–Kier alpha value is -1.20. The van der Waals surface area contributed by atoms with Gasteiger partial charge in [0.15, 0.2) is 0 Å². The fourth-order valence-electron chi connectivity index (χ4n) is 1.17. The second-order valence-electron chi connectivity index (χ2n) is 3.55. The Morgan fingerprint density at radius 2 is 1.94 bits per heavy atom. The van der Waals surface area contributed by atoms with Crippen molar-refractivity contribution < 1.29 is 23.9 Å². The number of carbonyl (C=O) groups is 1. The summed E-state index contributed by atoms with van der Waals surface area (Å²) in [6.45, 7) is 0.0362. The molecule has 1 rings (SSSR count). The van der Waals surface area contributed by atoms with Crippen LogP contribution in [0.15, 0.2) is 30.3 Å². The SMILES string of the molecule is NC(CP(=O)(O)O)C(=O)OCc1ccccc1. The average molecular weight is 259 g/mol. The standard InChI is InChI=1S/C10H14NO5P/c11-9(7-17(13,14)15)10(12)16-6-8-4-2-1-3-5-8/h1-5,9H,6-7,11H2,(H2,13,14,15). The van der Waals surface area contributed by atoms with E-state index >= 15 is 0 Å². The van der Waals surface area contributed by atoms with Crippen molar-refractivity contribution in [2.24, 2.45) is 5.73 Å². The van der Waals surface area contributed by atoms with Crippen molar-refractivity contribution in [2.75, 3.05) is 6.16 Å². The maximum absolute atomic E-state index is 11.3. The van der Waals surface area contributed by atoms with Gasteiger partial charge in [0.1, 0.15) is 12.6 Å². The highest BCUT2D eigenvalue weighted by molar-refractivity contribution is 7.51. The third-order valence-electron chi connectivity index (χ3n) is 1.96. The van der Waals surface area contributed by atoms with Crippen molar-refractivity contribution in [3.63, 3.8) is 0 Å². The quantitative estimate of drug-likeness (QED) is 0.516. The number of benzene rings is 1. The zero-order chi connectivity index (χ0) is 12.9. The molecule has 1 unspecified atom stereocenters. The first kappa shape index (κ1) is 13.9. The second-order valence-corrected chi connectivity index (χ2v) is 5.24. The third-order valence-corrected chi connectivity index (χ3v) is 2.83. The summed E-state index contributed by atoms with van der Waals surface area (Å²) in [5.74, 6) is -0.822. The van der Waals surface area contributed by atoms with Crippen molar-refractivity contribution in [3.05, 3.63) is 35.9 Å². The lowest BCUT2D eigenvalue weighted by Crippen LogP contribution is -2.35. The first-order chi connectivity index (χ1) is 7.88. The Morgan fingerprint density at radius 3 is 2.47 bits per heavy atom. The summed E-state index contributed by atoms with van der Waals surface area (Å²) in [5.41, 5.74) is 6.08. The molecule has 0 heterocycles. The number of carbonyl (C=O) groups excluding carboxylic acids is 1. The van der Waals surface area contributed by atoms with E-state index in [1.54, 1.807) is 24.3 Å². The molecule has 4 N–H and O–H groups in total. The predicted octanol–water partition coefficient (Wildman–Crippen LogP) is 0.235. The Kier molecular flexibility index (Phi) is 4.84. The van der Waals surface area contributed by atoms with Gasteiger partial charge in [-0.05, 0) is 5.56 Å². The van der Waals surface area contributed by atoms with Crippen LogP contribution in [0.4, 0.5) is 0 Å². The summed E-state index contributed by atoms with van der Waals surface area (Å²) in [6, 6.07) is 7.63. The van der Waals surface area contributed by atoms with Gasteiger partial charge in [-0.1, -0.05) is 30.3 Å². The van der Waals surface area contributed by atoms with Crippen LogP contribution >= 0.6 is 7.60 Å². The highest BCUT2D eigenvalue weighted by atomic mass is 31.2. The van der Waals surface area contributed by atoms with Gasteiger partial charge < -0.3 is 20.3 Å². The van der Waals surface area contributed by atoms with Crippen molar-refractivity contribution in [1.82, 2.24) is 0 Å². The van der Waals surface area contributed by atoms with Crippen LogP contribution in [0.2, 0.25) is 0 Å². The average Bonchev–Trinajstić information content (AvgIpc) is 2.25. The lowest BCUT2D eigenvalue weighted by Gasteiger charge is -2.12. The molecule has 94 valence electrons. The number of hydrogen-bond acceptors (Lipinski definition) is 4. The second kappa shape index (κ2) is 5.93. The smallest absolute Gasteiger partial charge is 0.327 e. The highest BCUT2D eigenvalue weighted by Crippen LogP contribution is 2.34. The molecule has 1 atom stereocenters. The van der Waals surface area contributed by atoms with Crippen molar-refractivity contribution in [2.45, 2.75) is 12.6 Å². The van der Waals surface area contributed by atoms with Crippen LogP contribution in [0.1, 0.15) is 5.56 Å². The van der Waals surface area contributed by atoms with Crippen molar-refractivity contribution >= 4 is 13.6 Å². The monoisotopic (exact) mass is 259 g/mol. The number of nitrogens with two attached hydrogens (primary N) is 1. The zero-order valence-corrected chi connectivity index (χ0v) is 9.92. The van der Waals surface area contributed by atoms with Crippen LogP contribution in [0.25, 0.3) is 0 Å². The number of rotatable bonds is 5. The lowest BCUT2D eigenvalue weighted by molar-refractivity contribution is -0.146. The summed E-state index contributed by atoms with van der Waals surface area (Å²) in [4.78, 5) is 28.6.